The highest BCUT2D eigenvalue weighted by Gasteiger charge is 2.07. The van der Waals surface area contributed by atoms with Crippen molar-refractivity contribution >= 4 is 17.8 Å². The third-order valence-corrected chi connectivity index (χ3v) is 1.15. The smallest absolute Gasteiger partial charge is 0.278 e. The molecule has 0 fully saturated rings. The summed E-state index contributed by atoms with van der Waals surface area (Å²) < 4.78 is 0. The summed E-state index contributed by atoms with van der Waals surface area (Å²) in [6.07, 6.45) is 0.432. The minimum atomic E-state index is -0.756. The van der Waals surface area contributed by atoms with Crippen LogP contribution in [0, 0.1) is 0 Å². The van der Waals surface area contributed by atoms with Gasteiger partial charge in [0.05, 0.1) is 0 Å². The van der Waals surface area contributed by atoms with Crippen LogP contribution in [0.1, 0.15) is 26.7 Å². The molecule has 0 aliphatic rings. The third-order valence-electron chi connectivity index (χ3n) is 1.15. The van der Waals surface area contributed by atoms with Crippen LogP contribution in [-0.4, -0.2) is 17.8 Å². The van der Waals surface area contributed by atoms with E-state index in [0.29, 0.717) is 0 Å². The van der Waals surface area contributed by atoms with E-state index in [2.05, 4.69) is 0 Å². The second-order valence-electron chi connectivity index (χ2n) is 2.13. The number of urea groups is 1. The van der Waals surface area contributed by atoms with E-state index < -0.39 is 17.8 Å². The normalized spacial score (nSPS) is 8.83. The van der Waals surface area contributed by atoms with Gasteiger partial charge in [-0.15, -0.1) is 0 Å². The van der Waals surface area contributed by atoms with Crippen LogP contribution in [0.2, 0.25) is 0 Å². The highest BCUT2D eigenvalue weighted by Crippen LogP contribution is 1.77. The Bertz CT molecular complexity index is 181. The molecular formula is C7H12N2O3. The van der Waals surface area contributed by atoms with Gasteiger partial charge in [-0.1, -0.05) is 13.8 Å². The molecule has 0 heterocycles. The summed E-state index contributed by atoms with van der Waals surface area (Å²) in [4.78, 5) is 31.9. The first-order valence-corrected chi connectivity index (χ1v) is 3.73. The standard InChI is InChI=1S/C7H12N2O3/c1-3-5(10)8-7(12)9-6(11)4-2/h3-4H2,1-2H3,(H2,8,9,10,11,12). The van der Waals surface area contributed by atoms with Gasteiger partial charge in [0.2, 0.25) is 11.8 Å². The fraction of sp³-hybridized carbons (Fsp3) is 0.571. The molecule has 2 N–H and O–H groups in total. The topological polar surface area (TPSA) is 75.3 Å². The largest absolute Gasteiger partial charge is 0.328 e. The monoisotopic (exact) mass is 172 g/mol. The van der Waals surface area contributed by atoms with E-state index in [-0.39, 0.29) is 12.8 Å². The summed E-state index contributed by atoms with van der Waals surface area (Å²) in [5.74, 6) is -0.812. The molecule has 5 nitrogen and oxygen atoms in total. The number of amides is 4. The molecule has 0 aromatic carbocycles. The molecule has 0 saturated carbocycles. The van der Waals surface area contributed by atoms with E-state index in [1.165, 1.54) is 0 Å². The van der Waals surface area contributed by atoms with Gasteiger partial charge in [-0.25, -0.2) is 4.79 Å². The average Bonchev–Trinajstić information content (AvgIpc) is 2.03. The second kappa shape index (κ2) is 5.29. The summed E-state index contributed by atoms with van der Waals surface area (Å²) in [5.41, 5.74) is 0. The van der Waals surface area contributed by atoms with Crippen LogP contribution >= 0.6 is 0 Å². The van der Waals surface area contributed by atoms with Crippen LogP contribution in [0.3, 0.4) is 0 Å². The lowest BCUT2D eigenvalue weighted by molar-refractivity contribution is -0.120. The Morgan fingerprint density at radius 3 is 1.50 bits per heavy atom. The quantitative estimate of drug-likeness (QED) is 0.623. The van der Waals surface area contributed by atoms with E-state index in [1.807, 2.05) is 10.6 Å². The van der Waals surface area contributed by atoms with E-state index in [1.54, 1.807) is 13.8 Å². The lowest BCUT2D eigenvalue weighted by Crippen LogP contribution is -2.41. The predicted octanol–water partition coefficient (Wildman–Crippen LogP) is 0.159. The summed E-state index contributed by atoms with van der Waals surface area (Å²) in [7, 11) is 0. The Hall–Kier alpha value is -1.39. The predicted molar refractivity (Wildman–Crippen MR) is 42.3 cm³/mol. The first-order chi connectivity index (χ1) is 5.60. The molecule has 0 aliphatic carbocycles. The number of imide groups is 2. The van der Waals surface area contributed by atoms with Crippen LogP contribution in [0.5, 0.6) is 0 Å². The van der Waals surface area contributed by atoms with Crippen molar-refractivity contribution in [2.24, 2.45) is 0 Å². The van der Waals surface area contributed by atoms with Gasteiger partial charge >= 0.3 is 6.03 Å². The SMILES string of the molecule is CCC(=O)NC(=O)NC(=O)CC. The van der Waals surface area contributed by atoms with Crippen molar-refractivity contribution in [3.05, 3.63) is 0 Å². The molecule has 0 atom stereocenters. The molecule has 0 spiro atoms. The van der Waals surface area contributed by atoms with Gasteiger partial charge in [-0.05, 0) is 0 Å². The van der Waals surface area contributed by atoms with Gasteiger partial charge in [-0.2, -0.15) is 0 Å². The van der Waals surface area contributed by atoms with Gasteiger partial charge in [0.1, 0.15) is 0 Å². The molecule has 0 aromatic rings. The highest BCUT2D eigenvalue weighted by molar-refractivity contribution is 6.01. The average molecular weight is 172 g/mol. The van der Waals surface area contributed by atoms with E-state index in [0.717, 1.165) is 0 Å². The minimum absolute atomic E-state index is 0.216. The van der Waals surface area contributed by atoms with Gasteiger partial charge in [-0.3, -0.25) is 20.2 Å². The number of nitrogens with one attached hydrogen (secondary N) is 2. The number of rotatable bonds is 2. The van der Waals surface area contributed by atoms with Crippen LogP contribution in [0.25, 0.3) is 0 Å². The highest BCUT2D eigenvalue weighted by atomic mass is 16.2. The molecule has 0 saturated heterocycles. The maximum absolute atomic E-state index is 10.7. The Labute approximate surface area is 70.5 Å². The van der Waals surface area contributed by atoms with Gasteiger partial charge in [0, 0.05) is 12.8 Å². The minimum Gasteiger partial charge on any atom is -0.278 e. The lowest BCUT2D eigenvalue weighted by atomic mass is 10.4. The van der Waals surface area contributed by atoms with E-state index in [9.17, 15) is 14.4 Å². The van der Waals surface area contributed by atoms with Crippen molar-refractivity contribution in [2.75, 3.05) is 0 Å². The fourth-order valence-electron chi connectivity index (χ4n) is 0.461. The molecular weight excluding hydrogens is 160 g/mol. The van der Waals surface area contributed by atoms with Crippen LogP contribution in [0.15, 0.2) is 0 Å². The van der Waals surface area contributed by atoms with Crippen molar-refractivity contribution < 1.29 is 14.4 Å². The Balaban J connectivity index is 3.74. The Morgan fingerprint density at radius 1 is 0.917 bits per heavy atom. The lowest BCUT2D eigenvalue weighted by Gasteiger charge is -2.01. The summed E-state index contributed by atoms with van der Waals surface area (Å²) in [6, 6.07) is -0.756. The summed E-state index contributed by atoms with van der Waals surface area (Å²) in [6.45, 7) is 3.23. The summed E-state index contributed by atoms with van der Waals surface area (Å²) in [5, 5.41) is 3.97. The molecule has 0 bridgehead atoms. The fourth-order valence-corrected chi connectivity index (χ4v) is 0.461. The number of carbonyl (C=O) groups excluding carboxylic acids is 3. The Kier molecular flexibility index (Phi) is 4.67. The van der Waals surface area contributed by atoms with Crippen molar-refractivity contribution in [3.8, 4) is 0 Å². The second-order valence-corrected chi connectivity index (χ2v) is 2.13. The first-order valence-electron chi connectivity index (χ1n) is 3.73. The van der Waals surface area contributed by atoms with E-state index >= 15 is 0 Å². The maximum atomic E-state index is 10.7. The molecule has 0 rings (SSSR count). The van der Waals surface area contributed by atoms with Gasteiger partial charge in [0.25, 0.3) is 0 Å². The van der Waals surface area contributed by atoms with Crippen molar-refractivity contribution in [2.45, 2.75) is 26.7 Å². The zero-order chi connectivity index (χ0) is 9.56. The molecule has 68 valence electrons. The van der Waals surface area contributed by atoms with Crippen LogP contribution in [-0.2, 0) is 9.59 Å². The zero-order valence-corrected chi connectivity index (χ0v) is 7.14. The van der Waals surface area contributed by atoms with Crippen molar-refractivity contribution in [1.82, 2.24) is 10.6 Å². The van der Waals surface area contributed by atoms with Crippen molar-refractivity contribution in [3.63, 3.8) is 0 Å². The number of hydrogen-bond donors (Lipinski definition) is 2. The van der Waals surface area contributed by atoms with Gasteiger partial charge in [0.15, 0.2) is 0 Å². The molecule has 0 aromatic heterocycles. The van der Waals surface area contributed by atoms with Crippen LogP contribution < -0.4 is 10.6 Å². The zero-order valence-electron chi connectivity index (χ0n) is 7.14. The Morgan fingerprint density at radius 2 is 1.25 bits per heavy atom. The maximum Gasteiger partial charge on any atom is 0.328 e. The molecule has 4 amide bonds. The molecule has 12 heavy (non-hydrogen) atoms. The number of carbonyl (C=O) groups is 3. The third kappa shape index (κ3) is 4.43. The van der Waals surface area contributed by atoms with Gasteiger partial charge < -0.3 is 0 Å². The summed E-state index contributed by atoms with van der Waals surface area (Å²) >= 11 is 0. The molecule has 5 heteroatoms. The number of hydrogen-bond acceptors (Lipinski definition) is 3. The van der Waals surface area contributed by atoms with Crippen molar-refractivity contribution in [1.29, 1.82) is 0 Å². The molecule has 0 aliphatic heterocycles. The molecule has 0 radical (unpaired) electrons. The molecule has 0 unspecified atom stereocenters. The van der Waals surface area contributed by atoms with E-state index in [4.69, 9.17) is 0 Å². The first kappa shape index (κ1) is 10.6. The van der Waals surface area contributed by atoms with Crippen LogP contribution in [0.4, 0.5) is 4.79 Å².